The van der Waals surface area contributed by atoms with Crippen molar-refractivity contribution >= 4 is 23.6 Å². The molecule has 1 unspecified atom stereocenters. The summed E-state index contributed by atoms with van der Waals surface area (Å²) in [7, 11) is 0. The molecule has 21 heavy (non-hydrogen) atoms. The summed E-state index contributed by atoms with van der Waals surface area (Å²) in [6, 6.07) is 4.80. The summed E-state index contributed by atoms with van der Waals surface area (Å²) < 4.78 is 14.3. The highest BCUT2D eigenvalue weighted by Gasteiger charge is 2.26. The lowest BCUT2D eigenvalue weighted by Gasteiger charge is -2.26. The Morgan fingerprint density at radius 1 is 1.38 bits per heavy atom. The number of hydrogen-bond acceptors (Lipinski definition) is 2. The molecule has 0 heterocycles. The van der Waals surface area contributed by atoms with Gasteiger partial charge in [0.05, 0.1) is 0 Å². The van der Waals surface area contributed by atoms with Gasteiger partial charge in [-0.05, 0) is 17.0 Å². The van der Waals surface area contributed by atoms with Crippen LogP contribution < -0.4 is 10.6 Å². The van der Waals surface area contributed by atoms with E-state index in [1.54, 1.807) is 18.2 Å². The highest BCUT2D eigenvalue weighted by Crippen LogP contribution is 2.35. The van der Waals surface area contributed by atoms with E-state index in [0.717, 1.165) is 0 Å². The highest BCUT2D eigenvalue weighted by atomic mass is 35.5. The minimum Gasteiger partial charge on any atom is -0.465 e. The summed E-state index contributed by atoms with van der Waals surface area (Å²) in [4.78, 5) is 21.8. The molecule has 7 heteroatoms. The van der Waals surface area contributed by atoms with Crippen molar-refractivity contribution in [2.45, 2.75) is 32.5 Å². The van der Waals surface area contributed by atoms with Gasteiger partial charge in [0.1, 0.15) is 6.54 Å². The second kappa shape index (κ2) is 6.76. The zero-order valence-electron chi connectivity index (χ0n) is 12.0. The van der Waals surface area contributed by atoms with Gasteiger partial charge in [-0.1, -0.05) is 44.5 Å². The van der Waals surface area contributed by atoms with E-state index < -0.39 is 30.3 Å². The number of carboxylic acid groups (broad SMARTS) is 1. The van der Waals surface area contributed by atoms with Crippen LogP contribution in [-0.4, -0.2) is 23.7 Å². The first-order valence-electron chi connectivity index (χ1n) is 6.32. The molecule has 1 atom stereocenters. The number of carbonyl (C=O) groups excluding carboxylic acids is 1. The smallest absolute Gasteiger partial charge is 0.405 e. The number of alkyl halides is 1. The Kier molecular flexibility index (Phi) is 5.54. The summed E-state index contributed by atoms with van der Waals surface area (Å²) in [5.74, 6) is -0.760. The zero-order chi connectivity index (χ0) is 16.2. The van der Waals surface area contributed by atoms with Crippen molar-refractivity contribution < 1.29 is 19.1 Å². The lowest BCUT2D eigenvalue weighted by molar-refractivity contribution is -0.122. The predicted molar refractivity (Wildman–Crippen MR) is 78.2 cm³/mol. The van der Waals surface area contributed by atoms with E-state index in [2.05, 4.69) is 5.32 Å². The largest absolute Gasteiger partial charge is 0.465 e. The monoisotopic (exact) mass is 316 g/mol. The molecule has 0 aliphatic rings. The summed E-state index contributed by atoms with van der Waals surface area (Å²) >= 11 is 6.13. The normalized spacial score (nSPS) is 12.6. The fourth-order valence-corrected chi connectivity index (χ4v) is 2.43. The van der Waals surface area contributed by atoms with Gasteiger partial charge in [0.2, 0.25) is 5.91 Å². The van der Waals surface area contributed by atoms with Gasteiger partial charge in [-0.15, -0.1) is 0 Å². The number of amides is 2. The lowest BCUT2D eigenvalue weighted by atomic mass is 9.83. The quantitative estimate of drug-likeness (QED) is 0.747. The number of benzene rings is 1. The van der Waals surface area contributed by atoms with Crippen molar-refractivity contribution in [1.29, 1.82) is 0 Å². The molecule has 1 aromatic rings. The van der Waals surface area contributed by atoms with Crippen LogP contribution in [0.5, 0.6) is 0 Å². The van der Waals surface area contributed by atoms with Crippen molar-refractivity contribution in [2.24, 2.45) is 0 Å². The number of hydrogen-bond donors (Lipinski definition) is 3. The molecule has 0 radical (unpaired) electrons. The molecular formula is C14H18ClFN2O3. The standard InChI is InChI=1S/C14H18ClFN2O3/c1-14(2,3)11-8(5-4-6-9(11)15)12(16)18-10(19)7-17-13(20)21/h4-6,12,17H,7H2,1-3H3,(H,18,19)(H,20,21). The minimum atomic E-state index is -1.76. The Morgan fingerprint density at radius 2 is 2.00 bits per heavy atom. The van der Waals surface area contributed by atoms with Crippen LogP contribution in [0.15, 0.2) is 18.2 Å². The summed E-state index contributed by atoms with van der Waals surface area (Å²) in [5.41, 5.74) is 0.464. The van der Waals surface area contributed by atoms with Crippen molar-refractivity contribution in [3.05, 3.63) is 34.3 Å². The van der Waals surface area contributed by atoms with Crippen molar-refractivity contribution in [2.75, 3.05) is 6.54 Å². The first-order chi connectivity index (χ1) is 9.62. The average Bonchev–Trinajstić information content (AvgIpc) is 2.34. The molecule has 3 N–H and O–H groups in total. The topological polar surface area (TPSA) is 78.4 Å². The number of carbonyl (C=O) groups is 2. The van der Waals surface area contributed by atoms with Crippen LogP contribution >= 0.6 is 11.6 Å². The maximum Gasteiger partial charge on any atom is 0.405 e. The Morgan fingerprint density at radius 3 is 2.52 bits per heavy atom. The molecule has 2 amide bonds. The summed E-state index contributed by atoms with van der Waals surface area (Å²) in [6.07, 6.45) is -3.11. The maximum atomic E-state index is 14.3. The Hall–Kier alpha value is -1.82. The third-order valence-corrected chi connectivity index (χ3v) is 3.07. The highest BCUT2D eigenvalue weighted by molar-refractivity contribution is 6.31. The van der Waals surface area contributed by atoms with Crippen molar-refractivity contribution in [1.82, 2.24) is 10.6 Å². The summed E-state index contributed by atoms with van der Waals surface area (Å²) in [6.45, 7) is 5.15. The number of halogens is 2. The van der Waals surface area contributed by atoms with Gasteiger partial charge in [0, 0.05) is 10.6 Å². The molecule has 0 saturated carbocycles. The minimum absolute atomic E-state index is 0.263. The van der Waals surface area contributed by atoms with Crippen LogP contribution in [0.2, 0.25) is 5.02 Å². The molecule has 0 spiro atoms. The molecule has 0 saturated heterocycles. The first kappa shape index (κ1) is 17.2. The molecule has 1 aromatic carbocycles. The van der Waals surface area contributed by atoms with Crippen LogP contribution in [0, 0.1) is 0 Å². The Balaban J connectivity index is 2.93. The van der Waals surface area contributed by atoms with Gasteiger partial charge < -0.3 is 15.7 Å². The van der Waals surface area contributed by atoms with E-state index >= 15 is 0 Å². The van der Waals surface area contributed by atoms with E-state index in [-0.39, 0.29) is 5.56 Å². The third-order valence-electron chi connectivity index (χ3n) is 2.76. The molecule has 0 bridgehead atoms. The molecule has 0 fully saturated rings. The molecule has 1 rings (SSSR count). The fraction of sp³-hybridized carbons (Fsp3) is 0.429. The van der Waals surface area contributed by atoms with Crippen LogP contribution in [0.25, 0.3) is 0 Å². The molecule has 0 aliphatic heterocycles. The van der Waals surface area contributed by atoms with E-state index in [1.807, 2.05) is 26.1 Å². The first-order valence-corrected chi connectivity index (χ1v) is 6.70. The Bertz CT molecular complexity index is 544. The van der Waals surface area contributed by atoms with Crippen LogP contribution in [0.4, 0.5) is 9.18 Å². The van der Waals surface area contributed by atoms with Gasteiger partial charge in [0.25, 0.3) is 0 Å². The van der Waals surface area contributed by atoms with Crippen molar-refractivity contribution in [3.63, 3.8) is 0 Å². The van der Waals surface area contributed by atoms with E-state index in [9.17, 15) is 14.0 Å². The maximum absolute atomic E-state index is 14.3. The van der Waals surface area contributed by atoms with Gasteiger partial charge >= 0.3 is 6.09 Å². The molecule has 0 aliphatic carbocycles. The summed E-state index contributed by atoms with van der Waals surface area (Å²) in [5, 5.41) is 12.8. The molecule has 116 valence electrons. The van der Waals surface area contributed by atoms with Crippen molar-refractivity contribution in [3.8, 4) is 0 Å². The number of nitrogens with one attached hydrogen (secondary N) is 2. The van der Waals surface area contributed by atoms with Gasteiger partial charge in [-0.3, -0.25) is 4.79 Å². The van der Waals surface area contributed by atoms with Crippen LogP contribution in [0.3, 0.4) is 0 Å². The second-order valence-electron chi connectivity index (χ2n) is 5.54. The molecule has 0 aromatic heterocycles. The molecular weight excluding hydrogens is 299 g/mol. The van der Waals surface area contributed by atoms with Gasteiger partial charge in [-0.25, -0.2) is 9.18 Å². The average molecular weight is 317 g/mol. The van der Waals surface area contributed by atoms with E-state index in [4.69, 9.17) is 16.7 Å². The predicted octanol–water partition coefficient (Wildman–Crippen LogP) is 2.99. The van der Waals surface area contributed by atoms with Gasteiger partial charge in [0.15, 0.2) is 6.30 Å². The zero-order valence-corrected chi connectivity index (χ0v) is 12.8. The third kappa shape index (κ3) is 4.90. The van der Waals surface area contributed by atoms with E-state index in [1.165, 1.54) is 0 Å². The second-order valence-corrected chi connectivity index (χ2v) is 5.95. The lowest BCUT2D eigenvalue weighted by Crippen LogP contribution is -2.37. The van der Waals surface area contributed by atoms with Crippen LogP contribution in [-0.2, 0) is 10.2 Å². The van der Waals surface area contributed by atoms with Crippen LogP contribution in [0.1, 0.15) is 38.2 Å². The van der Waals surface area contributed by atoms with Gasteiger partial charge in [-0.2, -0.15) is 0 Å². The Labute approximate surface area is 127 Å². The fourth-order valence-electron chi connectivity index (χ4n) is 1.97. The van der Waals surface area contributed by atoms with E-state index in [0.29, 0.717) is 10.6 Å². The SMILES string of the molecule is CC(C)(C)c1c(Cl)cccc1C(F)NC(=O)CNC(=O)O. The molecule has 5 nitrogen and oxygen atoms in total. The number of rotatable bonds is 4.